The molecule has 0 spiro atoms. The number of rotatable bonds is 5. The van der Waals surface area contributed by atoms with E-state index in [0.29, 0.717) is 18.6 Å². The fourth-order valence-electron chi connectivity index (χ4n) is 3.43. The first-order chi connectivity index (χ1) is 9.10. The van der Waals surface area contributed by atoms with Crippen molar-refractivity contribution in [3.05, 3.63) is 0 Å². The second kappa shape index (κ2) is 6.07. The van der Waals surface area contributed by atoms with E-state index >= 15 is 0 Å². The smallest absolute Gasteiger partial charge is 0.303 e. The minimum atomic E-state index is -0.718. The van der Waals surface area contributed by atoms with E-state index in [4.69, 9.17) is 11.5 Å². The van der Waals surface area contributed by atoms with Crippen LogP contribution in [0.5, 0.6) is 0 Å². The molecule has 0 saturated carbocycles. The Balaban J connectivity index is 1.87. The van der Waals surface area contributed by atoms with Crippen LogP contribution in [-0.2, 0) is 9.59 Å². The second-order valence-corrected chi connectivity index (χ2v) is 5.47. The minimum absolute atomic E-state index is 0.0356. The number of terminal acetylenes is 1. The fraction of sp³-hybridized carbons (Fsp3) is 0.714. The molecule has 2 bridgehead atoms. The summed E-state index contributed by atoms with van der Waals surface area (Å²) in [5.41, 5.74) is 0. The predicted octanol–water partition coefficient (Wildman–Crippen LogP) is 0.453. The van der Waals surface area contributed by atoms with Gasteiger partial charge in [0, 0.05) is 18.5 Å². The second-order valence-electron chi connectivity index (χ2n) is 5.47. The molecule has 104 valence electrons. The van der Waals surface area contributed by atoms with Crippen molar-refractivity contribution in [1.29, 1.82) is 0 Å². The van der Waals surface area contributed by atoms with Crippen molar-refractivity contribution >= 4 is 11.9 Å². The first-order valence-electron chi connectivity index (χ1n) is 6.78. The molecule has 2 aliphatic rings. The van der Waals surface area contributed by atoms with Gasteiger partial charge >= 0.3 is 5.97 Å². The van der Waals surface area contributed by atoms with Crippen LogP contribution in [-0.4, -0.2) is 47.1 Å². The van der Waals surface area contributed by atoms with Crippen LogP contribution in [0.4, 0.5) is 0 Å². The first-order valence-corrected chi connectivity index (χ1v) is 6.78. The molecule has 2 atom stereocenters. The number of piperidine rings is 1. The van der Waals surface area contributed by atoms with Crippen molar-refractivity contribution in [2.75, 3.05) is 13.1 Å². The van der Waals surface area contributed by atoms with E-state index in [-0.39, 0.29) is 24.8 Å². The number of carbonyl (C=O) groups is 2. The summed E-state index contributed by atoms with van der Waals surface area (Å²) < 4.78 is 0. The molecule has 2 fully saturated rings. The van der Waals surface area contributed by atoms with Crippen LogP contribution in [0.2, 0.25) is 0 Å². The maximum atomic E-state index is 11.7. The average molecular weight is 264 g/mol. The number of carbonyl (C=O) groups excluding carboxylic acids is 1. The molecular formula is C14H20N2O3. The van der Waals surface area contributed by atoms with Crippen molar-refractivity contribution in [3.63, 3.8) is 0 Å². The van der Waals surface area contributed by atoms with Crippen LogP contribution < -0.4 is 5.32 Å². The Kier molecular flexibility index (Phi) is 4.43. The summed E-state index contributed by atoms with van der Waals surface area (Å²) in [7, 11) is 0. The highest BCUT2D eigenvalue weighted by atomic mass is 16.4. The Morgan fingerprint density at radius 3 is 2.47 bits per heavy atom. The molecule has 2 saturated heterocycles. The monoisotopic (exact) mass is 264 g/mol. The summed E-state index contributed by atoms with van der Waals surface area (Å²) >= 11 is 0. The fourth-order valence-corrected chi connectivity index (χ4v) is 3.43. The van der Waals surface area contributed by atoms with Crippen LogP contribution in [0.3, 0.4) is 0 Å². The van der Waals surface area contributed by atoms with Gasteiger partial charge in [-0.1, -0.05) is 5.92 Å². The summed E-state index contributed by atoms with van der Waals surface area (Å²) in [5.74, 6) is 1.90. The zero-order chi connectivity index (χ0) is 13.8. The van der Waals surface area contributed by atoms with E-state index in [2.05, 4.69) is 16.1 Å². The molecule has 2 N–H and O–H groups in total. The van der Waals surface area contributed by atoms with Crippen molar-refractivity contribution < 1.29 is 14.7 Å². The van der Waals surface area contributed by atoms with Gasteiger partial charge in [0.05, 0.1) is 13.1 Å². The lowest BCUT2D eigenvalue weighted by atomic mass is 9.88. The summed E-state index contributed by atoms with van der Waals surface area (Å²) in [6.45, 7) is 0.653. The minimum Gasteiger partial charge on any atom is -0.481 e. The van der Waals surface area contributed by atoms with Gasteiger partial charge in [0.25, 0.3) is 0 Å². The normalized spacial score (nSPS) is 29.7. The Labute approximate surface area is 113 Å². The molecule has 5 heteroatoms. The Morgan fingerprint density at radius 1 is 1.32 bits per heavy atom. The largest absolute Gasteiger partial charge is 0.481 e. The lowest BCUT2D eigenvalue weighted by molar-refractivity contribution is -0.139. The predicted molar refractivity (Wildman–Crippen MR) is 70.3 cm³/mol. The molecule has 1 amide bonds. The lowest BCUT2D eigenvalue weighted by Gasteiger charge is -2.38. The third kappa shape index (κ3) is 3.48. The van der Waals surface area contributed by atoms with Crippen LogP contribution in [0.15, 0.2) is 0 Å². The van der Waals surface area contributed by atoms with Crippen molar-refractivity contribution in [2.45, 2.75) is 44.2 Å². The standard InChI is InChI=1S/C14H20N2O3/c1-2-5-15-13(17)9-16-11-3-4-12(16)7-10(6-11)8-14(18)19/h1,10-12H,3-9H2,(H,15,17)(H,18,19). The Hall–Kier alpha value is -1.54. The average Bonchev–Trinajstić information content (AvgIpc) is 2.59. The van der Waals surface area contributed by atoms with E-state index in [0.717, 1.165) is 25.7 Å². The van der Waals surface area contributed by atoms with E-state index in [1.165, 1.54) is 0 Å². The number of amides is 1. The van der Waals surface area contributed by atoms with Gasteiger partial charge in [-0.15, -0.1) is 6.42 Å². The number of fused-ring (bicyclic) bond motifs is 2. The topological polar surface area (TPSA) is 69.6 Å². The molecule has 0 aromatic carbocycles. The molecule has 5 nitrogen and oxygen atoms in total. The van der Waals surface area contributed by atoms with Crippen LogP contribution in [0.25, 0.3) is 0 Å². The van der Waals surface area contributed by atoms with Gasteiger partial charge in [0.1, 0.15) is 0 Å². The summed E-state index contributed by atoms with van der Waals surface area (Å²) in [6, 6.07) is 0.722. The van der Waals surface area contributed by atoms with Gasteiger partial charge in [-0.25, -0.2) is 0 Å². The quantitative estimate of drug-likeness (QED) is 0.708. The van der Waals surface area contributed by atoms with Crippen molar-refractivity contribution in [1.82, 2.24) is 10.2 Å². The molecule has 0 aliphatic carbocycles. The molecule has 0 radical (unpaired) electrons. The molecule has 2 heterocycles. The zero-order valence-electron chi connectivity index (χ0n) is 11.0. The third-order valence-electron chi connectivity index (χ3n) is 4.16. The SMILES string of the molecule is C#CCNC(=O)CN1C2CCC1CC(CC(=O)O)C2. The zero-order valence-corrected chi connectivity index (χ0v) is 11.0. The number of aliphatic carboxylic acids is 1. The molecule has 0 aromatic heterocycles. The van der Waals surface area contributed by atoms with E-state index in [1.807, 2.05) is 0 Å². The van der Waals surface area contributed by atoms with Gasteiger partial charge in [-0.2, -0.15) is 0 Å². The van der Waals surface area contributed by atoms with Crippen LogP contribution in [0.1, 0.15) is 32.1 Å². The maximum absolute atomic E-state index is 11.7. The summed E-state index contributed by atoms with van der Waals surface area (Å²) in [5, 5.41) is 11.6. The van der Waals surface area contributed by atoms with E-state index in [9.17, 15) is 9.59 Å². The maximum Gasteiger partial charge on any atom is 0.303 e. The molecule has 2 rings (SSSR count). The van der Waals surface area contributed by atoms with E-state index in [1.54, 1.807) is 0 Å². The summed E-state index contributed by atoms with van der Waals surface area (Å²) in [6.07, 6.45) is 9.30. The number of carboxylic acids is 1. The third-order valence-corrected chi connectivity index (χ3v) is 4.16. The summed E-state index contributed by atoms with van der Waals surface area (Å²) in [4.78, 5) is 24.7. The van der Waals surface area contributed by atoms with Crippen molar-refractivity contribution in [3.8, 4) is 12.3 Å². The highest BCUT2D eigenvalue weighted by Crippen LogP contribution is 2.39. The first kappa shape index (κ1) is 13.9. The highest BCUT2D eigenvalue weighted by molar-refractivity contribution is 5.78. The molecule has 2 aliphatic heterocycles. The molecule has 19 heavy (non-hydrogen) atoms. The van der Waals surface area contributed by atoms with Gasteiger partial charge < -0.3 is 10.4 Å². The van der Waals surface area contributed by atoms with Gasteiger partial charge in [0.15, 0.2) is 0 Å². The Bertz CT molecular complexity index is 388. The lowest BCUT2D eigenvalue weighted by Crippen LogP contribution is -2.48. The van der Waals surface area contributed by atoms with Gasteiger partial charge in [0.2, 0.25) is 5.91 Å². The highest BCUT2D eigenvalue weighted by Gasteiger charge is 2.41. The molecular weight excluding hydrogens is 244 g/mol. The number of nitrogens with one attached hydrogen (secondary N) is 1. The number of nitrogens with zero attached hydrogens (tertiary/aromatic N) is 1. The van der Waals surface area contributed by atoms with Gasteiger partial charge in [-0.3, -0.25) is 14.5 Å². The van der Waals surface area contributed by atoms with Crippen LogP contribution >= 0.6 is 0 Å². The molecule has 2 unspecified atom stereocenters. The Morgan fingerprint density at radius 2 is 1.95 bits per heavy atom. The van der Waals surface area contributed by atoms with Crippen molar-refractivity contribution in [2.24, 2.45) is 5.92 Å². The van der Waals surface area contributed by atoms with Crippen LogP contribution in [0, 0.1) is 18.3 Å². The van der Waals surface area contributed by atoms with Gasteiger partial charge in [-0.05, 0) is 31.6 Å². The van der Waals surface area contributed by atoms with E-state index < -0.39 is 5.97 Å². The molecule has 0 aromatic rings. The number of hydrogen-bond acceptors (Lipinski definition) is 3. The number of hydrogen-bond donors (Lipinski definition) is 2. The number of carboxylic acid groups (broad SMARTS) is 1.